The first-order chi connectivity index (χ1) is 7.88. The molecule has 0 atom stereocenters. The SMILES string of the molecule is Cc1c(CS(=O)(=O)Cl)c(O)cc2c1CCCC2. The van der Waals surface area contributed by atoms with Crippen LogP contribution in [0.4, 0.5) is 0 Å². The first-order valence-corrected chi connectivity index (χ1v) is 8.12. The molecule has 1 N–H and O–H groups in total. The highest BCUT2D eigenvalue weighted by Crippen LogP contribution is 2.33. The second-order valence-corrected chi connectivity index (χ2v) is 7.30. The van der Waals surface area contributed by atoms with E-state index in [0.29, 0.717) is 5.56 Å². The average Bonchev–Trinajstić information content (AvgIpc) is 2.23. The maximum Gasteiger partial charge on any atom is 0.236 e. The average molecular weight is 275 g/mol. The van der Waals surface area contributed by atoms with Crippen molar-refractivity contribution in [2.24, 2.45) is 0 Å². The van der Waals surface area contributed by atoms with Crippen LogP contribution in [0.3, 0.4) is 0 Å². The lowest BCUT2D eigenvalue weighted by Gasteiger charge is -2.21. The molecule has 3 nitrogen and oxygen atoms in total. The number of rotatable bonds is 2. The maximum absolute atomic E-state index is 11.1. The fourth-order valence-corrected chi connectivity index (χ4v) is 3.53. The number of aryl methyl sites for hydroxylation is 1. The number of aromatic hydroxyl groups is 1. The van der Waals surface area contributed by atoms with Crippen LogP contribution in [0.2, 0.25) is 0 Å². The molecule has 1 aliphatic rings. The van der Waals surface area contributed by atoms with Gasteiger partial charge in [0.05, 0.1) is 5.75 Å². The lowest BCUT2D eigenvalue weighted by Crippen LogP contribution is -2.08. The molecule has 0 amide bonds. The molecule has 0 fully saturated rings. The molecule has 0 unspecified atom stereocenters. The maximum atomic E-state index is 11.1. The third kappa shape index (κ3) is 2.75. The van der Waals surface area contributed by atoms with Gasteiger partial charge in [0.2, 0.25) is 9.05 Å². The van der Waals surface area contributed by atoms with Crippen LogP contribution in [0, 0.1) is 6.92 Å². The van der Waals surface area contributed by atoms with Crippen molar-refractivity contribution >= 4 is 19.7 Å². The standard InChI is InChI=1S/C12H15ClO3S/c1-8-10-5-3-2-4-9(10)6-12(14)11(8)7-17(13,15)16/h6,14H,2-5,7H2,1H3. The number of fused-ring (bicyclic) bond motifs is 1. The van der Waals surface area contributed by atoms with E-state index >= 15 is 0 Å². The molecule has 1 aromatic rings. The number of benzene rings is 1. The van der Waals surface area contributed by atoms with Crippen molar-refractivity contribution in [3.63, 3.8) is 0 Å². The summed E-state index contributed by atoms with van der Waals surface area (Å²) in [5.41, 5.74) is 3.65. The summed E-state index contributed by atoms with van der Waals surface area (Å²) in [6, 6.07) is 1.69. The Labute approximate surface area is 106 Å². The Bertz CT molecular complexity index is 549. The molecule has 0 spiro atoms. The minimum Gasteiger partial charge on any atom is -0.508 e. The second kappa shape index (κ2) is 4.50. The largest absolute Gasteiger partial charge is 0.508 e. The number of hydrogen-bond donors (Lipinski definition) is 1. The van der Waals surface area contributed by atoms with Crippen LogP contribution >= 0.6 is 10.7 Å². The van der Waals surface area contributed by atoms with Gasteiger partial charge in [0.1, 0.15) is 5.75 Å². The van der Waals surface area contributed by atoms with Crippen molar-refractivity contribution in [1.29, 1.82) is 0 Å². The topological polar surface area (TPSA) is 54.4 Å². The van der Waals surface area contributed by atoms with Gasteiger partial charge in [-0.05, 0) is 55.4 Å². The van der Waals surface area contributed by atoms with Gasteiger partial charge in [0.15, 0.2) is 0 Å². The van der Waals surface area contributed by atoms with Gasteiger partial charge in [-0.15, -0.1) is 0 Å². The molecule has 0 aliphatic heterocycles. The van der Waals surface area contributed by atoms with Crippen LogP contribution in [0.5, 0.6) is 5.75 Å². The molecule has 0 aromatic heterocycles. The van der Waals surface area contributed by atoms with Gasteiger partial charge in [-0.25, -0.2) is 8.42 Å². The minimum atomic E-state index is -3.64. The van der Waals surface area contributed by atoms with Crippen LogP contribution in [-0.4, -0.2) is 13.5 Å². The van der Waals surface area contributed by atoms with Gasteiger partial charge in [0, 0.05) is 16.2 Å². The lowest BCUT2D eigenvalue weighted by atomic mass is 9.86. The van der Waals surface area contributed by atoms with Crippen molar-refractivity contribution in [1.82, 2.24) is 0 Å². The van der Waals surface area contributed by atoms with Gasteiger partial charge < -0.3 is 5.11 Å². The first-order valence-electron chi connectivity index (χ1n) is 5.64. The molecule has 17 heavy (non-hydrogen) atoms. The van der Waals surface area contributed by atoms with E-state index in [2.05, 4.69) is 0 Å². The summed E-state index contributed by atoms with van der Waals surface area (Å²) < 4.78 is 22.3. The minimum absolute atomic E-state index is 0.0485. The predicted molar refractivity (Wildman–Crippen MR) is 68.0 cm³/mol. The monoisotopic (exact) mass is 274 g/mol. The third-order valence-corrected chi connectivity index (χ3v) is 4.31. The Hall–Kier alpha value is -0.740. The molecule has 0 heterocycles. The van der Waals surface area contributed by atoms with Crippen molar-refractivity contribution in [3.8, 4) is 5.75 Å². The Kier molecular flexibility index (Phi) is 3.36. The zero-order chi connectivity index (χ0) is 12.6. The van der Waals surface area contributed by atoms with Gasteiger partial charge >= 0.3 is 0 Å². The summed E-state index contributed by atoms with van der Waals surface area (Å²) in [7, 11) is 1.62. The predicted octanol–water partition coefficient (Wildman–Crippen LogP) is 2.65. The Balaban J connectivity index is 2.53. The summed E-state index contributed by atoms with van der Waals surface area (Å²) in [4.78, 5) is 0. The van der Waals surface area contributed by atoms with E-state index in [1.807, 2.05) is 6.92 Å². The molecule has 0 saturated carbocycles. The number of phenols is 1. The molecule has 0 radical (unpaired) electrons. The van der Waals surface area contributed by atoms with Crippen LogP contribution in [0.15, 0.2) is 6.07 Å². The molecule has 0 saturated heterocycles. The van der Waals surface area contributed by atoms with E-state index in [-0.39, 0.29) is 11.5 Å². The molecule has 94 valence electrons. The Morgan fingerprint density at radius 3 is 2.65 bits per heavy atom. The number of hydrogen-bond acceptors (Lipinski definition) is 3. The summed E-state index contributed by atoms with van der Waals surface area (Å²) in [6.45, 7) is 1.86. The zero-order valence-corrected chi connectivity index (χ0v) is 11.2. The lowest BCUT2D eigenvalue weighted by molar-refractivity contribution is 0.467. The zero-order valence-electron chi connectivity index (χ0n) is 9.66. The third-order valence-electron chi connectivity index (χ3n) is 3.35. The van der Waals surface area contributed by atoms with Crippen molar-refractivity contribution in [3.05, 3.63) is 28.3 Å². The fourth-order valence-electron chi connectivity index (χ4n) is 2.50. The molecule has 0 bridgehead atoms. The molecule has 1 aliphatic carbocycles. The van der Waals surface area contributed by atoms with Crippen molar-refractivity contribution in [2.75, 3.05) is 0 Å². The second-order valence-electron chi connectivity index (χ2n) is 4.53. The van der Waals surface area contributed by atoms with E-state index < -0.39 is 9.05 Å². The molecule has 5 heteroatoms. The van der Waals surface area contributed by atoms with Crippen LogP contribution in [0.25, 0.3) is 0 Å². The van der Waals surface area contributed by atoms with Gasteiger partial charge in [-0.2, -0.15) is 0 Å². The quantitative estimate of drug-likeness (QED) is 0.844. The van der Waals surface area contributed by atoms with E-state index in [4.69, 9.17) is 10.7 Å². The summed E-state index contributed by atoms with van der Waals surface area (Å²) in [5.74, 6) is -0.258. The first kappa shape index (κ1) is 12.7. The van der Waals surface area contributed by atoms with E-state index in [0.717, 1.165) is 36.8 Å². The number of halogens is 1. The Morgan fingerprint density at radius 1 is 1.35 bits per heavy atom. The van der Waals surface area contributed by atoms with E-state index in [9.17, 15) is 13.5 Å². The highest BCUT2D eigenvalue weighted by atomic mass is 35.7. The smallest absolute Gasteiger partial charge is 0.236 e. The van der Waals surface area contributed by atoms with Crippen molar-refractivity contribution in [2.45, 2.75) is 38.4 Å². The fraction of sp³-hybridized carbons (Fsp3) is 0.500. The van der Waals surface area contributed by atoms with Crippen molar-refractivity contribution < 1.29 is 13.5 Å². The van der Waals surface area contributed by atoms with Gasteiger partial charge in [-0.3, -0.25) is 0 Å². The molecular formula is C12H15ClO3S. The summed E-state index contributed by atoms with van der Waals surface area (Å²) >= 11 is 0. The molecule has 2 rings (SSSR count). The highest BCUT2D eigenvalue weighted by Gasteiger charge is 2.20. The molecule has 1 aromatic carbocycles. The van der Waals surface area contributed by atoms with E-state index in [1.165, 1.54) is 5.56 Å². The van der Waals surface area contributed by atoms with Gasteiger partial charge in [-0.1, -0.05) is 0 Å². The van der Waals surface area contributed by atoms with E-state index in [1.54, 1.807) is 6.07 Å². The highest BCUT2D eigenvalue weighted by molar-refractivity contribution is 8.13. The normalized spacial score (nSPS) is 15.6. The Morgan fingerprint density at radius 2 is 2.00 bits per heavy atom. The van der Waals surface area contributed by atoms with Crippen LogP contribution in [-0.2, 0) is 27.6 Å². The molecular weight excluding hydrogens is 260 g/mol. The van der Waals surface area contributed by atoms with Crippen LogP contribution < -0.4 is 0 Å². The van der Waals surface area contributed by atoms with Crippen LogP contribution in [0.1, 0.15) is 35.1 Å². The summed E-state index contributed by atoms with van der Waals surface area (Å²) in [6.07, 6.45) is 4.15. The number of phenolic OH excluding ortho intramolecular Hbond substituents is 1. The summed E-state index contributed by atoms with van der Waals surface area (Å²) in [5, 5.41) is 9.89. The van der Waals surface area contributed by atoms with Gasteiger partial charge in [0.25, 0.3) is 0 Å².